The number of methoxy groups -OCH3 is 1. The zero-order valence-corrected chi connectivity index (χ0v) is 12.2. The van der Waals surface area contributed by atoms with Gasteiger partial charge in [-0.2, -0.15) is 0 Å². The zero-order valence-electron chi connectivity index (χ0n) is 11.4. The van der Waals surface area contributed by atoms with Crippen molar-refractivity contribution >= 4 is 11.3 Å². The fraction of sp³-hybridized carbons (Fsp3) is 0.714. The van der Waals surface area contributed by atoms with E-state index in [4.69, 9.17) is 10.6 Å². The van der Waals surface area contributed by atoms with Gasteiger partial charge in [0.05, 0.1) is 11.6 Å². The highest BCUT2D eigenvalue weighted by Gasteiger charge is 2.40. The van der Waals surface area contributed by atoms with E-state index in [-0.39, 0.29) is 11.6 Å². The SMILES string of the molecule is COC1(C(NN)c2ccsc2C)CCCCCC1. The van der Waals surface area contributed by atoms with E-state index in [1.807, 2.05) is 7.11 Å². The summed E-state index contributed by atoms with van der Waals surface area (Å²) in [6.45, 7) is 2.16. The van der Waals surface area contributed by atoms with E-state index in [2.05, 4.69) is 23.8 Å². The first kappa shape index (κ1) is 14.0. The summed E-state index contributed by atoms with van der Waals surface area (Å²) in [6, 6.07) is 2.28. The van der Waals surface area contributed by atoms with Gasteiger partial charge >= 0.3 is 0 Å². The van der Waals surface area contributed by atoms with E-state index in [1.165, 1.54) is 36.1 Å². The number of nitrogens with two attached hydrogens (primary N) is 1. The molecule has 1 atom stereocenters. The molecule has 1 aromatic heterocycles. The lowest BCUT2D eigenvalue weighted by molar-refractivity contribution is -0.0541. The molecule has 3 N–H and O–H groups in total. The average molecular weight is 268 g/mol. The van der Waals surface area contributed by atoms with Crippen LogP contribution in [0.5, 0.6) is 0 Å². The Morgan fingerprint density at radius 2 is 2.00 bits per heavy atom. The second-order valence-electron chi connectivity index (χ2n) is 5.21. The number of thiophene rings is 1. The molecule has 0 bridgehead atoms. The molecule has 1 aliphatic rings. The van der Waals surface area contributed by atoms with E-state index in [0.717, 1.165) is 12.8 Å². The predicted octanol–water partition coefficient (Wildman–Crippen LogP) is 3.30. The van der Waals surface area contributed by atoms with Crippen molar-refractivity contribution in [1.29, 1.82) is 0 Å². The molecule has 0 spiro atoms. The van der Waals surface area contributed by atoms with Crippen LogP contribution in [0, 0.1) is 6.92 Å². The molecule has 18 heavy (non-hydrogen) atoms. The van der Waals surface area contributed by atoms with Crippen LogP contribution in [0.25, 0.3) is 0 Å². The van der Waals surface area contributed by atoms with Gasteiger partial charge in [-0.1, -0.05) is 25.7 Å². The Balaban J connectivity index is 2.30. The van der Waals surface area contributed by atoms with Crippen LogP contribution in [-0.2, 0) is 4.74 Å². The maximum Gasteiger partial charge on any atom is 0.0885 e. The number of ether oxygens (including phenoxy) is 1. The molecule has 0 amide bonds. The average Bonchev–Trinajstić information content (AvgIpc) is 2.67. The summed E-state index contributed by atoms with van der Waals surface area (Å²) in [5.41, 5.74) is 4.17. The monoisotopic (exact) mass is 268 g/mol. The van der Waals surface area contributed by atoms with Gasteiger partial charge < -0.3 is 4.74 Å². The summed E-state index contributed by atoms with van der Waals surface area (Å²) in [5, 5.41) is 2.13. The van der Waals surface area contributed by atoms with E-state index in [1.54, 1.807) is 11.3 Å². The lowest BCUT2D eigenvalue weighted by Crippen LogP contribution is -2.48. The molecule has 1 heterocycles. The molecule has 102 valence electrons. The van der Waals surface area contributed by atoms with Crippen molar-refractivity contribution in [2.45, 2.75) is 57.1 Å². The summed E-state index contributed by atoms with van der Waals surface area (Å²) >= 11 is 1.78. The molecule has 1 aromatic rings. The lowest BCUT2D eigenvalue weighted by atomic mass is 9.82. The molecule has 4 heteroatoms. The molecular formula is C14H24N2OS. The van der Waals surface area contributed by atoms with Gasteiger partial charge in [-0.25, -0.2) is 0 Å². The Kier molecular flexibility index (Phi) is 4.78. The van der Waals surface area contributed by atoms with Crippen LogP contribution < -0.4 is 11.3 Å². The fourth-order valence-electron chi connectivity index (χ4n) is 3.16. The number of hydrogen-bond acceptors (Lipinski definition) is 4. The van der Waals surface area contributed by atoms with Gasteiger partial charge in [-0.15, -0.1) is 11.3 Å². The third-order valence-electron chi connectivity index (χ3n) is 4.26. The Bertz CT molecular complexity index is 370. The third-order valence-corrected chi connectivity index (χ3v) is 5.12. The van der Waals surface area contributed by atoms with Crippen molar-refractivity contribution < 1.29 is 4.74 Å². The molecule has 0 saturated heterocycles. The van der Waals surface area contributed by atoms with Crippen molar-refractivity contribution in [3.8, 4) is 0 Å². The molecule has 1 aliphatic carbocycles. The Hall–Kier alpha value is -0.420. The standard InChI is InChI=1S/C14H24N2OS/c1-11-12(7-10-18-11)13(16-15)14(17-2)8-5-3-4-6-9-14/h7,10,13,16H,3-6,8-9,15H2,1-2H3. The van der Waals surface area contributed by atoms with Gasteiger partial charge in [0, 0.05) is 12.0 Å². The number of hydrogen-bond donors (Lipinski definition) is 2. The van der Waals surface area contributed by atoms with Crippen LogP contribution in [-0.4, -0.2) is 12.7 Å². The van der Waals surface area contributed by atoms with E-state index >= 15 is 0 Å². The normalized spacial score (nSPS) is 21.5. The van der Waals surface area contributed by atoms with Gasteiger partial charge in [-0.05, 0) is 36.8 Å². The van der Waals surface area contributed by atoms with E-state index in [0.29, 0.717) is 0 Å². The van der Waals surface area contributed by atoms with Gasteiger partial charge in [0.25, 0.3) is 0 Å². The molecule has 1 unspecified atom stereocenters. The minimum absolute atomic E-state index is 0.104. The van der Waals surface area contributed by atoms with Crippen molar-refractivity contribution in [3.63, 3.8) is 0 Å². The quantitative estimate of drug-likeness (QED) is 0.500. The second-order valence-corrected chi connectivity index (χ2v) is 6.34. The summed E-state index contributed by atoms with van der Waals surface area (Å²) < 4.78 is 5.95. The molecule has 3 nitrogen and oxygen atoms in total. The maximum atomic E-state index is 5.95. The van der Waals surface area contributed by atoms with E-state index in [9.17, 15) is 0 Å². The highest BCUT2D eigenvalue weighted by atomic mass is 32.1. The Morgan fingerprint density at radius 1 is 1.33 bits per heavy atom. The molecule has 1 fully saturated rings. The van der Waals surface area contributed by atoms with Crippen LogP contribution in [0.15, 0.2) is 11.4 Å². The zero-order chi connectivity index (χ0) is 13.0. The Morgan fingerprint density at radius 3 is 2.44 bits per heavy atom. The van der Waals surface area contributed by atoms with Crippen LogP contribution in [0.3, 0.4) is 0 Å². The number of nitrogens with one attached hydrogen (secondary N) is 1. The number of hydrazine groups is 1. The van der Waals surface area contributed by atoms with Crippen molar-refractivity contribution in [3.05, 3.63) is 21.9 Å². The van der Waals surface area contributed by atoms with Crippen LogP contribution in [0.1, 0.15) is 55.0 Å². The van der Waals surface area contributed by atoms with Crippen LogP contribution in [0.4, 0.5) is 0 Å². The molecule has 0 aromatic carbocycles. The number of aryl methyl sites for hydroxylation is 1. The first-order valence-corrected chi connectivity index (χ1v) is 7.67. The largest absolute Gasteiger partial charge is 0.376 e. The molecule has 0 aliphatic heterocycles. The molecule has 1 saturated carbocycles. The van der Waals surface area contributed by atoms with Crippen molar-refractivity contribution in [2.24, 2.45) is 5.84 Å². The second kappa shape index (κ2) is 6.15. The van der Waals surface area contributed by atoms with Crippen molar-refractivity contribution in [2.75, 3.05) is 7.11 Å². The fourth-order valence-corrected chi connectivity index (χ4v) is 3.90. The molecule has 2 rings (SSSR count). The highest BCUT2D eigenvalue weighted by Crippen LogP contribution is 2.41. The van der Waals surface area contributed by atoms with Crippen LogP contribution in [0.2, 0.25) is 0 Å². The van der Waals surface area contributed by atoms with Gasteiger partial charge in [0.15, 0.2) is 0 Å². The number of rotatable bonds is 4. The summed E-state index contributed by atoms with van der Waals surface area (Å²) in [7, 11) is 1.83. The van der Waals surface area contributed by atoms with Crippen LogP contribution >= 0.6 is 11.3 Å². The topological polar surface area (TPSA) is 47.3 Å². The first-order valence-electron chi connectivity index (χ1n) is 6.79. The van der Waals surface area contributed by atoms with Gasteiger partial charge in [0.2, 0.25) is 0 Å². The van der Waals surface area contributed by atoms with Gasteiger partial charge in [-0.3, -0.25) is 11.3 Å². The smallest absolute Gasteiger partial charge is 0.0885 e. The Labute approximate surface area is 114 Å². The highest BCUT2D eigenvalue weighted by molar-refractivity contribution is 7.10. The minimum atomic E-state index is -0.142. The molecule has 0 radical (unpaired) electrons. The summed E-state index contributed by atoms with van der Waals surface area (Å²) in [6.07, 6.45) is 7.27. The minimum Gasteiger partial charge on any atom is -0.376 e. The maximum absolute atomic E-state index is 5.95. The summed E-state index contributed by atoms with van der Waals surface area (Å²) in [4.78, 5) is 1.33. The predicted molar refractivity (Wildman–Crippen MR) is 76.6 cm³/mol. The third kappa shape index (κ3) is 2.62. The van der Waals surface area contributed by atoms with E-state index < -0.39 is 0 Å². The van der Waals surface area contributed by atoms with Crippen molar-refractivity contribution in [1.82, 2.24) is 5.43 Å². The molecular weight excluding hydrogens is 244 g/mol. The summed E-state index contributed by atoms with van der Waals surface area (Å²) in [5.74, 6) is 5.85. The van der Waals surface area contributed by atoms with Gasteiger partial charge in [0.1, 0.15) is 0 Å². The lowest BCUT2D eigenvalue weighted by Gasteiger charge is -2.39. The first-order chi connectivity index (χ1) is 8.73.